The van der Waals surface area contributed by atoms with Crippen molar-refractivity contribution in [2.45, 2.75) is 0 Å². The number of aromatic nitrogens is 3. The van der Waals surface area contributed by atoms with Crippen LogP contribution in [0, 0.1) is 0 Å². The van der Waals surface area contributed by atoms with E-state index < -0.39 is 5.91 Å². The molecule has 0 saturated heterocycles. The van der Waals surface area contributed by atoms with Crippen LogP contribution in [0.4, 0.5) is 5.69 Å². The van der Waals surface area contributed by atoms with Crippen molar-refractivity contribution in [3.8, 4) is 11.3 Å². The number of nitrogens with zero attached hydrogens (tertiary/aromatic N) is 3. The van der Waals surface area contributed by atoms with Gasteiger partial charge in [0.05, 0.1) is 11.4 Å². The monoisotopic (exact) mass is 310 g/mol. The zero-order chi connectivity index (χ0) is 15.4. The maximum Gasteiger partial charge on any atom is 0.277 e. The molecule has 1 amide bonds. The molecule has 0 radical (unpaired) electrons. The van der Waals surface area contributed by atoms with Crippen LogP contribution in [0.1, 0.15) is 10.5 Å². The molecule has 22 heavy (non-hydrogen) atoms. The number of carbonyl (C=O) groups is 1. The van der Waals surface area contributed by atoms with Gasteiger partial charge in [-0.2, -0.15) is 0 Å². The summed E-state index contributed by atoms with van der Waals surface area (Å²) in [5, 5.41) is 2.87. The van der Waals surface area contributed by atoms with Crippen molar-refractivity contribution in [3.05, 3.63) is 71.9 Å². The Hall–Kier alpha value is -2.79. The zero-order valence-corrected chi connectivity index (χ0v) is 12.2. The van der Waals surface area contributed by atoms with Gasteiger partial charge in [-0.15, -0.1) is 0 Å². The number of hydrogen-bond acceptors (Lipinski definition) is 4. The van der Waals surface area contributed by atoms with Gasteiger partial charge < -0.3 is 5.32 Å². The Morgan fingerprint density at radius 2 is 1.68 bits per heavy atom. The summed E-state index contributed by atoms with van der Waals surface area (Å²) in [6.07, 6.45) is 4.56. The molecule has 0 aliphatic carbocycles. The first kappa shape index (κ1) is 14.2. The van der Waals surface area contributed by atoms with E-state index in [4.69, 9.17) is 11.6 Å². The molecule has 3 aromatic rings. The molecule has 0 spiro atoms. The zero-order valence-electron chi connectivity index (χ0n) is 11.4. The first-order valence-corrected chi connectivity index (χ1v) is 6.92. The van der Waals surface area contributed by atoms with E-state index in [1.807, 2.05) is 36.4 Å². The van der Waals surface area contributed by atoms with Crippen molar-refractivity contribution < 1.29 is 4.79 Å². The minimum atomic E-state index is -0.415. The summed E-state index contributed by atoms with van der Waals surface area (Å²) in [4.78, 5) is 24.4. The molecule has 0 saturated carbocycles. The van der Waals surface area contributed by atoms with Crippen molar-refractivity contribution in [1.82, 2.24) is 15.0 Å². The number of halogens is 1. The number of amides is 1. The van der Waals surface area contributed by atoms with Crippen LogP contribution >= 0.6 is 11.6 Å². The standard InChI is InChI=1S/C16H11ClN4O/c17-15-14(19-9-10-20-15)16(22)21-13-7-2-1-5-11(13)12-6-3-4-8-18-12/h1-10H,(H,21,22). The molecule has 0 aliphatic rings. The number of benzene rings is 1. The van der Waals surface area contributed by atoms with E-state index in [9.17, 15) is 4.79 Å². The highest BCUT2D eigenvalue weighted by Gasteiger charge is 2.15. The molecular formula is C16H11ClN4O. The van der Waals surface area contributed by atoms with Crippen LogP contribution in [-0.4, -0.2) is 20.9 Å². The fourth-order valence-corrected chi connectivity index (χ4v) is 2.18. The molecule has 0 bridgehead atoms. The first-order chi connectivity index (χ1) is 10.8. The van der Waals surface area contributed by atoms with Gasteiger partial charge in [0.2, 0.25) is 0 Å². The SMILES string of the molecule is O=C(Nc1ccccc1-c1ccccn1)c1nccnc1Cl. The second-order valence-electron chi connectivity index (χ2n) is 4.41. The van der Waals surface area contributed by atoms with E-state index in [0.29, 0.717) is 5.69 Å². The van der Waals surface area contributed by atoms with E-state index in [1.54, 1.807) is 12.3 Å². The topological polar surface area (TPSA) is 67.8 Å². The average Bonchev–Trinajstić information content (AvgIpc) is 2.56. The van der Waals surface area contributed by atoms with Gasteiger partial charge in [0.25, 0.3) is 5.91 Å². The predicted octanol–water partition coefficient (Wildman–Crippen LogP) is 3.44. The van der Waals surface area contributed by atoms with Crippen LogP contribution in [0.2, 0.25) is 5.15 Å². The smallest absolute Gasteiger partial charge is 0.277 e. The Morgan fingerprint density at radius 3 is 2.45 bits per heavy atom. The van der Waals surface area contributed by atoms with E-state index in [1.165, 1.54) is 12.4 Å². The Kier molecular flexibility index (Phi) is 4.07. The summed E-state index contributed by atoms with van der Waals surface area (Å²) < 4.78 is 0. The number of hydrogen-bond donors (Lipinski definition) is 1. The van der Waals surface area contributed by atoms with Crippen molar-refractivity contribution in [1.29, 1.82) is 0 Å². The Labute approximate surface area is 132 Å². The second-order valence-corrected chi connectivity index (χ2v) is 4.77. The second kappa shape index (κ2) is 6.32. The summed E-state index contributed by atoms with van der Waals surface area (Å²) in [5.74, 6) is -0.415. The molecule has 5 nitrogen and oxygen atoms in total. The number of rotatable bonds is 3. The average molecular weight is 311 g/mol. The van der Waals surface area contributed by atoms with Gasteiger partial charge in [0, 0.05) is 24.2 Å². The van der Waals surface area contributed by atoms with Crippen molar-refractivity contribution in [3.63, 3.8) is 0 Å². The molecule has 0 aliphatic heterocycles. The van der Waals surface area contributed by atoms with E-state index in [-0.39, 0.29) is 10.8 Å². The fourth-order valence-electron chi connectivity index (χ4n) is 1.99. The van der Waals surface area contributed by atoms with Crippen LogP contribution < -0.4 is 5.32 Å². The highest BCUT2D eigenvalue weighted by atomic mass is 35.5. The van der Waals surface area contributed by atoms with Gasteiger partial charge in [-0.1, -0.05) is 35.9 Å². The normalized spacial score (nSPS) is 10.2. The molecule has 0 unspecified atom stereocenters. The summed E-state index contributed by atoms with van der Waals surface area (Å²) in [7, 11) is 0. The van der Waals surface area contributed by atoms with Gasteiger partial charge in [0.1, 0.15) is 0 Å². The van der Waals surface area contributed by atoms with E-state index in [0.717, 1.165) is 11.3 Å². The number of nitrogens with one attached hydrogen (secondary N) is 1. The van der Waals surface area contributed by atoms with E-state index in [2.05, 4.69) is 20.3 Å². The minimum absolute atomic E-state index is 0.0651. The summed E-state index contributed by atoms with van der Waals surface area (Å²) in [5.41, 5.74) is 2.30. The van der Waals surface area contributed by atoms with Crippen molar-refractivity contribution >= 4 is 23.2 Å². The van der Waals surface area contributed by atoms with Crippen LogP contribution in [0.3, 0.4) is 0 Å². The number of carbonyl (C=O) groups excluding carboxylic acids is 1. The molecule has 3 rings (SSSR count). The third-order valence-corrected chi connectivity index (χ3v) is 3.26. The third-order valence-electron chi connectivity index (χ3n) is 2.98. The Balaban J connectivity index is 1.94. The number of para-hydroxylation sites is 1. The van der Waals surface area contributed by atoms with Gasteiger partial charge in [-0.3, -0.25) is 9.78 Å². The summed E-state index contributed by atoms with van der Waals surface area (Å²) >= 11 is 5.90. The summed E-state index contributed by atoms with van der Waals surface area (Å²) in [6, 6.07) is 13.0. The van der Waals surface area contributed by atoms with Crippen LogP contribution in [0.15, 0.2) is 61.1 Å². The molecule has 108 valence electrons. The quantitative estimate of drug-likeness (QED) is 0.804. The molecule has 1 N–H and O–H groups in total. The number of pyridine rings is 1. The molecule has 2 aromatic heterocycles. The minimum Gasteiger partial charge on any atom is -0.320 e. The Bertz CT molecular complexity index is 808. The maximum absolute atomic E-state index is 12.3. The van der Waals surface area contributed by atoms with Crippen molar-refractivity contribution in [2.24, 2.45) is 0 Å². The molecule has 6 heteroatoms. The largest absolute Gasteiger partial charge is 0.320 e. The van der Waals surface area contributed by atoms with Gasteiger partial charge in [0.15, 0.2) is 10.8 Å². The first-order valence-electron chi connectivity index (χ1n) is 6.54. The van der Waals surface area contributed by atoms with Gasteiger partial charge in [-0.25, -0.2) is 9.97 Å². The molecule has 2 heterocycles. The lowest BCUT2D eigenvalue weighted by Crippen LogP contribution is -2.15. The van der Waals surface area contributed by atoms with Crippen LogP contribution in [0.5, 0.6) is 0 Å². The third kappa shape index (κ3) is 2.94. The fraction of sp³-hybridized carbons (Fsp3) is 0. The highest BCUT2D eigenvalue weighted by Crippen LogP contribution is 2.26. The van der Waals surface area contributed by atoms with Crippen LogP contribution in [0.25, 0.3) is 11.3 Å². The maximum atomic E-state index is 12.3. The summed E-state index contributed by atoms with van der Waals surface area (Å²) in [6.45, 7) is 0. The lowest BCUT2D eigenvalue weighted by atomic mass is 10.1. The molecule has 1 aromatic carbocycles. The Morgan fingerprint density at radius 1 is 0.909 bits per heavy atom. The van der Waals surface area contributed by atoms with Gasteiger partial charge >= 0.3 is 0 Å². The predicted molar refractivity (Wildman–Crippen MR) is 84.7 cm³/mol. The molecule has 0 atom stereocenters. The number of anilines is 1. The lowest BCUT2D eigenvalue weighted by Gasteiger charge is -2.10. The van der Waals surface area contributed by atoms with Gasteiger partial charge in [-0.05, 0) is 18.2 Å². The van der Waals surface area contributed by atoms with Crippen molar-refractivity contribution in [2.75, 3.05) is 5.32 Å². The molecular weight excluding hydrogens is 300 g/mol. The van der Waals surface area contributed by atoms with E-state index >= 15 is 0 Å². The highest BCUT2D eigenvalue weighted by molar-refractivity contribution is 6.32. The molecule has 0 fully saturated rings. The lowest BCUT2D eigenvalue weighted by molar-refractivity contribution is 0.102. The van der Waals surface area contributed by atoms with Crippen LogP contribution in [-0.2, 0) is 0 Å².